The molecule has 0 saturated heterocycles. The minimum absolute atomic E-state index is 0.0320. The van der Waals surface area contributed by atoms with Crippen molar-refractivity contribution in [2.45, 2.75) is 25.3 Å². The fraction of sp³-hybridized carbons (Fsp3) is 0.462. The summed E-state index contributed by atoms with van der Waals surface area (Å²) in [6, 6.07) is 5.60. The van der Waals surface area contributed by atoms with Gasteiger partial charge in [-0.05, 0) is 25.0 Å². The predicted octanol–water partition coefficient (Wildman–Crippen LogP) is 1.32. The Morgan fingerprint density at radius 2 is 2.28 bits per heavy atom. The van der Waals surface area contributed by atoms with Crippen molar-refractivity contribution < 1.29 is 14.3 Å². The largest absolute Gasteiger partial charge is 0.497 e. The monoisotopic (exact) mass is 250 g/mol. The van der Waals surface area contributed by atoms with Crippen molar-refractivity contribution in [1.82, 2.24) is 5.32 Å². The van der Waals surface area contributed by atoms with Crippen LogP contribution in [0.2, 0.25) is 0 Å². The number of amides is 1. The summed E-state index contributed by atoms with van der Waals surface area (Å²) in [6.07, 6.45) is 2.54. The highest BCUT2D eigenvalue weighted by Crippen LogP contribution is 2.26. The van der Waals surface area contributed by atoms with E-state index in [0.29, 0.717) is 36.3 Å². The third kappa shape index (κ3) is 3.55. The first kappa shape index (κ1) is 12.5. The van der Waals surface area contributed by atoms with E-state index in [2.05, 4.69) is 5.32 Å². The number of hydrogen-bond donors (Lipinski definition) is 2. The Labute approximate surface area is 106 Å². The van der Waals surface area contributed by atoms with Crippen LogP contribution >= 0.6 is 0 Å². The number of ether oxygens (including phenoxy) is 2. The number of carbonyl (C=O) groups excluding carboxylic acids is 1. The Morgan fingerprint density at radius 3 is 2.89 bits per heavy atom. The van der Waals surface area contributed by atoms with Crippen LogP contribution in [0.5, 0.6) is 11.5 Å². The lowest BCUT2D eigenvalue weighted by atomic mass is 10.3. The summed E-state index contributed by atoms with van der Waals surface area (Å²) in [7, 11) is 1.58. The highest BCUT2D eigenvalue weighted by atomic mass is 16.5. The molecule has 1 aliphatic rings. The number of carbonyl (C=O) groups is 1. The fourth-order valence-electron chi connectivity index (χ4n) is 1.57. The molecule has 0 aromatic heterocycles. The van der Waals surface area contributed by atoms with Gasteiger partial charge in [-0.1, -0.05) is 0 Å². The summed E-state index contributed by atoms with van der Waals surface area (Å²) in [4.78, 5) is 11.4. The molecule has 2 rings (SSSR count). The molecule has 0 unspecified atom stereocenters. The zero-order valence-electron chi connectivity index (χ0n) is 10.4. The molecule has 18 heavy (non-hydrogen) atoms. The molecule has 5 heteroatoms. The Kier molecular flexibility index (Phi) is 3.92. The number of methoxy groups -OCH3 is 1. The summed E-state index contributed by atoms with van der Waals surface area (Å²) < 4.78 is 10.5. The molecule has 3 N–H and O–H groups in total. The van der Waals surface area contributed by atoms with Crippen molar-refractivity contribution in [3.8, 4) is 11.5 Å². The molecule has 0 heterocycles. The lowest BCUT2D eigenvalue weighted by Crippen LogP contribution is -2.26. The van der Waals surface area contributed by atoms with E-state index in [0.717, 1.165) is 12.8 Å². The third-order valence-electron chi connectivity index (χ3n) is 2.75. The van der Waals surface area contributed by atoms with Gasteiger partial charge in [0.1, 0.15) is 11.5 Å². The maximum Gasteiger partial charge on any atom is 0.223 e. The van der Waals surface area contributed by atoms with Crippen molar-refractivity contribution in [3.05, 3.63) is 18.2 Å². The molecule has 0 radical (unpaired) electrons. The van der Waals surface area contributed by atoms with Crippen molar-refractivity contribution in [2.24, 2.45) is 0 Å². The zero-order chi connectivity index (χ0) is 13.0. The molecule has 1 aliphatic carbocycles. The minimum Gasteiger partial charge on any atom is -0.497 e. The van der Waals surface area contributed by atoms with Crippen LogP contribution in [-0.4, -0.2) is 25.7 Å². The smallest absolute Gasteiger partial charge is 0.223 e. The van der Waals surface area contributed by atoms with Crippen molar-refractivity contribution in [2.75, 3.05) is 19.5 Å². The molecule has 1 saturated carbocycles. The molecule has 1 aromatic rings. The van der Waals surface area contributed by atoms with E-state index in [-0.39, 0.29) is 5.91 Å². The highest BCUT2D eigenvalue weighted by molar-refractivity contribution is 5.76. The first-order chi connectivity index (χ1) is 8.69. The molecular weight excluding hydrogens is 232 g/mol. The number of anilines is 1. The molecule has 5 nitrogen and oxygen atoms in total. The van der Waals surface area contributed by atoms with Gasteiger partial charge in [0.05, 0.1) is 25.8 Å². The van der Waals surface area contributed by atoms with E-state index >= 15 is 0 Å². The van der Waals surface area contributed by atoms with Gasteiger partial charge in [-0.3, -0.25) is 4.79 Å². The normalized spacial score (nSPS) is 14.1. The van der Waals surface area contributed by atoms with Gasteiger partial charge in [-0.15, -0.1) is 0 Å². The lowest BCUT2D eigenvalue weighted by Gasteiger charge is -2.10. The second kappa shape index (κ2) is 5.62. The number of nitrogens with one attached hydrogen (secondary N) is 1. The number of rotatable bonds is 6. The summed E-state index contributed by atoms with van der Waals surface area (Å²) in [6.45, 7) is 0.328. The second-order valence-electron chi connectivity index (χ2n) is 4.34. The summed E-state index contributed by atoms with van der Waals surface area (Å²) >= 11 is 0. The van der Waals surface area contributed by atoms with Crippen LogP contribution in [0.3, 0.4) is 0 Å². The molecular formula is C13H18N2O3. The number of nitrogen functional groups attached to an aromatic ring is 1. The van der Waals surface area contributed by atoms with Crippen LogP contribution < -0.4 is 20.5 Å². The third-order valence-corrected chi connectivity index (χ3v) is 2.75. The quantitative estimate of drug-likeness (QED) is 0.747. The van der Waals surface area contributed by atoms with Crippen molar-refractivity contribution in [3.63, 3.8) is 0 Å². The van der Waals surface area contributed by atoms with Crippen LogP contribution in [0.15, 0.2) is 18.2 Å². The number of hydrogen-bond acceptors (Lipinski definition) is 4. The molecule has 0 aliphatic heterocycles. The van der Waals surface area contributed by atoms with Crippen LogP contribution in [0, 0.1) is 0 Å². The van der Waals surface area contributed by atoms with Crippen LogP contribution in [-0.2, 0) is 4.79 Å². The van der Waals surface area contributed by atoms with Gasteiger partial charge in [0, 0.05) is 12.1 Å². The lowest BCUT2D eigenvalue weighted by molar-refractivity contribution is -0.121. The Hall–Kier alpha value is -1.91. The number of nitrogens with two attached hydrogens (primary N) is 1. The van der Waals surface area contributed by atoms with Gasteiger partial charge in [0.25, 0.3) is 0 Å². The van der Waals surface area contributed by atoms with Crippen LogP contribution in [0.4, 0.5) is 5.69 Å². The number of benzene rings is 1. The highest BCUT2D eigenvalue weighted by Gasteiger charge is 2.22. The zero-order valence-corrected chi connectivity index (χ0v) is 10.4. The Morgan fingerprint density at radius 1 is 1.50 bits per heavy atom. The standard InChI is InChI=1S/C13H18N2O3/c1-17-10-4-5-12(11(14)8-10)18-7-6-13(16)15-9-2-3-9/h4-5,8-9H,2-3,6-7,14H2,1H3,(H,15,16). The fourth-order valence-corrected chi connectivity index (χ4v) is 1.57. The molecule has 0 atom stereocenters. The summed E-state index contributed by atoms with van der Waals surface area (Å²) in [5.74, 6) is 1.30. The molecule has 0 bridgehead atoms. The molecule has 1 fully saturated rings. The second-order valence-corrected chi connectivity index (χ2v) is 4.34. The van der Waals surface area contributed by atoms with E-state index in [9.17, 15) is 4.79 Å². The van der Waals surface area contributed by atoms with Crippen LogP contribution in [0.25, 0.3) is 0 Å². The SMILES string of the molecule is COc1ccc(OCCC(=O)NC2CC2)c(N)c1. The topological polar surface area (TPSA) is 73.6 Å². The minimum atomic E-state index is 0.0320. The molecule has 98 valence electrons. The maximum absolute atomic E-state index is 11.4. The maximum atomic E-state index is 11.4. The van der Waals surface area contributed by atoms with Crippen LogP contribution in [0.1, 0.15) is 19.3 Å². The first-order valence-corrected chi connectivity index (χ1v) is 6.04. The van der Waals surface area contributed by atoms with E-state index in [4.69, 9.17) is 15.2 Å². The Bertz CT molecular complexity index is 430. The van der Waals surface area contributed by atoms with Gasteiger partial charge in [-0.2, -0.15) is 0 Å². The first-order valence-electron chi connectivity index (χ1n) is 6.04. The van der Waals surface area contributed by atoms with E-state index in [1.807, 2.05) is 0 Å². The van der Waals surface area contributed by atoms with Gasteiger partial charge < -0.3 is 20.5 Å². The predicted molar refractivity (Wildman–Crippen MR) is 68.7 cm³/mol. The summed E-state index contributed by atoms with van der Waals surface area (Å²) in [5.41, 5.74) is 6.31. The van der Waals surface area contributed by atoms with Gasteiger partial charge in [0.15, 0.2) is 0 Å². The molecule has 1 aromatic carbocycles. The average molecular weight is 250 g/mol. The van der Waals surface area contributed by atoms with Crippen molar-refractivity contribution >= 4 is 11.6 Å². The summed E-state index contributed by atoms with van der Waals surface area (Å²) in [5, 5.41) is 2.90. The van der Waals surface area contributed by atoms with Gasteiger partial charge >= 0.3 is 0 Å². The van der Waals surface area contributed by atoms with Gasteiger partial charge in [-0.25, -0.2) is 0 Å². The average Bonchev–Trinajstić information content (AvgIpc) is 3.15. The van der Waals surface area contributed by atoms with E-state index in [1.54, 1.807) is 25.3 Å². The van der Waals surface area contributed by atoms with Gasteiger partial charge in [0.2, 0.25) is 5.91 Å². The van der Waals surface area contributed by atoms with Crippen molar-refractivity contribution in [1.29, 1.82) is 0 Å². The molecule has 0 spiro atoms. The molecule has 1 amide bonds. The Balaban J connectivity index is 1.76. The van der Waals surface area contributed by atoms with E-state index < -0.39 is 0 Å². The van der Waals surface area contributed by atoms with E-state index in [1.165, 1.54) is 0 Å².